The molecular weight excluding hydrogens is 262 g/mol. The standard InChI is InChI=1S/C14H22BrN/c1-3-4-5-6-7-14(16-2)12-8-10-13(15)11-9-12/h8-11,14,16H,3-7H2,1-2H3. The van der Waals surface area contributed by atoms with Crippen LogP contribution in [0.2, 0.25) is 0 Å². The molecule has 0 aliphatic rings. The molecule has 0 aliphatic heterocycles. The fourth-order valence-corrected chi connectivity index (χ4v) is 2.21. The van der Waals surface area contributed by atoms with Crippen molar-refractivity contribution in [1.29, 1.82) is 0 Å². The zero-order valence-electron chi connectivity index (χ0n) is 10.3. The van der Waals surface area contributed by atoms with Gasteiger partial charge in [-0.2, -0.15) is 0 Å². The maximum absolute atomic E-state index is 3.47. The Morgan fingerprint density at radius 3 is 2.38 bits per heavy atom. The maximum atomic E-state index is 3.47. The van der Waals surface area contributed by atoms with Gasteiger partial charge in [0, 0.05) is 10.5 Å². The Morgan fingerprint density at radius 1 is 1.12 bits per heavy atom. The minimum atomic E-state index is 0.505. The van der Waals surface area contributed by atoms with E-state index in [0.717, 1.165) is 4.47 Å². The summed E-state index contributed by atoms with van der Waals surface area (Å²) in [5, 5.41) is 3.40. The van der Waals surface area contributed by atoms with Crippen molar-refractivity contribution in [2.24, 2.45) is 0 Å². The monoisotopic (exact) mass is 283 g/mol. The third-order valence-corrected chi connectivity index (χ3v) is 3.50. The molecule has 0 heterocycles. The van der Waals surface area contributed by atoms with Crippen molar-refractivity contribution in [3.05, 3.63) is 34.3 Å². The van der Waals surface area contributed by atoms with Crippen LogP contribution in [0.1, 0.15) is 50.6 Å². The van der Waals surface area contributed by atoms with E-state index in [2.05, 4.69) is 52.4 Å². The summed E-state index contributed by atoms with van der Waals surface area (Å²) in [6.07, 6.45) is 6.57. The third kappa shape index (κ3) is 4.67. The Kier molecular flexibility index (Phi) is 6.74. The zero-order valence-corrected chi connectivity index (χ0v) is 11.9. The molecule has 0 saturated heterocycles. The molecule has 0 spiro atoms. The molecule has 0 aliphatic carbocycles. The number of rotatable bonds is 7. The average molecular weight is 284 g/mol. The van der Waals surface area contributed by atoms with Gasteiger partial charge in [-0.1, -0.05) is 60.7 Å². The minimum absolute atomic E-state index is 0.505. The Labute approximate surface area is 108 Å². The van der Waals surface area contributed by atoms with E-state index in [1.807, 2.05) is 7.05 Å². The van der Waals surface area contributed by atoms with Gasteiger partial charge < -0.3 is 5.32 Å². The van der Waals surface area contributed by atoms with Gasteiger partial charge in [-0.05, 0) is 31.2 Å². The van der Waals surface area contributed by atoms with Gasteiger partial charge in [-0.25, -0.2) is 0 Å². The predicted molar refractivity (Wildman–Crippen MR) is 74.7 cm³/mol. The van der Waals surface area contributed by atoms with Gasteiger partial charge in [0.2, 0.25) is 0 Å². The molecule has 0 fully saturated rings. The van der Waals surface area contributed by atoms with E-state index in [1.165, 1.54) is 37.7 Å². The van der Waals surface area contributed by atoms with Crippen LogP contribution >= 0.6 is 15.9 Å². The van der Waals surface area contributed by atoms with Gasteiger partial charge in [0.1, 0.15) is 0 Å². The summed E-state index contributed by atoms with van der Waals surface area (Å²) in [6, 6.07) is 9.14. The van der Waals surface area contributed by atoms with Crippen molar-refractivity contribution in [2.75, 3.05) is 7.05 Å². The largest absolute Gasteiger partial charge is 0.313 e. The molecule has 0 saturated carbocycles. The van der Waals surface area contributed by atoms with Crippen molar-refractivity contribution in [1.82, 2.24) is 5.32 Å². The van der Waals surface area contributed by atoms with E-state index in [-0.39, 0.29) is 0 Å². The van der Waals surface area contributed by atoms with Crippen LogP contribution in [-0.2, 0) is 0 Å². The topological polar surface area (TPSA) is 12.0 Å². The average Bonchev–Trinajstić information content (AvgIpc) is 2.31. The molecule has 0 amide bonds. The molecule has 1 aromatic rings. The Morgan fingerprint density at radius 2 is 1.81 bits per heavy atom. The summed E-state index contributed by atoms with van der Waals surface area (Å²) in [5.41, 5.74) is 1.39. The molecule has 0 radical (unpaired) electrons. The first-order valence-corrected chi connectivity index (χ1v) is 7.00. The highest BCUT2D eigenvalue weighted by Crippen LogP contribution is 2.21. The van der Waals surface area contributed by atoms with E-state index in [0.29, 0.717) is 6.04 Å². The first-order valence-electron chi connectivity index (χ1n) is 6.20. The Bertz CT molecular complexity index is 281. The second kappa shape index (κ2) is 7.86. The fraction of sp³-hybridized carbons (Fsp3) is 0.571. The molecule has 1 rings (SSSR count). The maximum Gasteiger partial charge on any atom is 0.0317 e. The van der Waals surface area contributed by atoms with E-state index in [4.69, 9.17) is 0 Å². The lowest BCUT2D eigenvalue weighted by Gasteiger charge is -2.16. The summed E-state index contributed by atoms with van der Waals surface area (Å²) >= 11 is 3.47. The van der Waals surface area contributed by atoms with Crippen LogP contribution in [0.5, 0.6) is 0 Å². The molecule has 1 aromatic carbocycles. The molecule has 1 unspecified atom stereocenters. The molecular formula is C14H22BrN. The highest BCUT2D eigenvalue weighted by atomic mass is 79.9. The summed E-state index contributed by atoms with van der Waals surface area (Å²) in [5.74, 6) is 0. The van der Waals surface area contributed by atoms with Gasteiger partial charge in [-0.15, -0.1) is 0 Å². The number of halogens is 1. The lowest BCUT2D eigenvalue weighted by molar-refractivity contribution is 0.505. The van der Waals surface area contributed by atoms with Crippen LogP contribution in [0.3, 0.4) is 0 Å². The van der Waals surface area contributed by atoms with Crippen molar-refractivity contribution in [3.8, 4) is 0 Å². The molecule has 2 heteroatoms. The lowest BCUT2D eigenvalue weighted by Crippen LogP contribution is -2.16. The number of benzene rings is 1. The third-order valence-electron chi connectivity index (χ3n) is 2.97. The summed E-state index contributed by atoms with van der Waals surface area (Å²) in [6.45, 7) is 2.25. The van der Waals surface area contributed by atoms with E-state index in [9.17, 15) is 0 Å². The molecule has 90 valence electrons. The van der Waals surface area contributed by atoms with Crippen LogP contribution in [-0.4, -0.2) is 7.05 Å². The predicted octanol–water partition coefficient (Wildman–Crippen LogP) is 4.68. The van der Waals surface area contributed by atoms with E-state index < -0.39 is 0 Å². The summed E-state index contributed by atoms with van der Waals surface area (Å²) in [7, 11) is 2.05. The number of hydrogen-bond acceptors (Lipinski definition) is 1. The second-order valence-electron chi connectivity index (χ2n) is 4.24. The van der Waals surface area contributed by atoms with Gasteiger partial charge in [0.15, 0.2) is 0 Å². The Hall–Kier alpha value is -0.340. The first-order chi connectivity index (χ1) is 7.77. The van der Waals surface area contributed by atoms with Crippen molar-refractivity contribution in [2.45, 2.75) is 45.1 Å². The van der Waals surface area contributed by atoms with Crippen LogP contribution in [0.15, 0.2) is 28.7 Å². The highest BCUT2D eigenvalue weighted by molar-refractivity contribution is 9.10. The van der Waals surface area contributed by atoms with Gasteiger partial charge in [0.25, 0.3) is 0 Å². The molecule has 1 N–H and O–H groups in total. The van der Waals surface area contributed by atoms with Crippen molar-refractivity contribution in [3.63, 3.8) is 0 Å². The normalized spacial score (nSPS) is 12.7. The van der Waals surface area contributed by atoms with E-state index in [1.54, 1.807) is 0 Å². The highest BCUT2D eigenvalue weighted by Gasteiger charge is 2.07. The van der Waals surface area contributed by atoms with Crippen LogP contribution in [0, 0.1) is 0 Å². The van der Waals surface area contributed by atoms with Crippen molar-refractivity contribution >= 4 is 15.9 Å². The number of unbranched alkanes of at least 4 members (excludes halogenated alkanes) is 3. The van der Waals surface area contributed by atoms with Gasteiger partial charge in [0.05, 0.1) is 0 Å². The van der Waals surface area contributed by atoms with Crippen molar-refractivity contribution < 1.29 is 0 Å². The van der Waals surface area contributed by atoms with Gasteiger partial charge >= 0.3 is 0 Å². The summed E-state index contributed by atoms with van der Waals surface area (Å²) < 4.78 is 1.15. The van der Waals surface area contributed by atoms with Crippen LogP contribution in [0.4, 0.5) is 0 Å². The Balaban J connectivity index is 2.44. The molecule has 0 bridgehead atoms. The zero-order chi connectivity index (χ0) is 11.8. The lowest BCUT2D eigenvalue weighted by atomic mass is 10.0. The number of hydrogen-bond donors (Lipinski definition) is 1. The molecule has 1 nitrogen and oxygen atoms in total. The molecule has 0 aromatic heterocycles. The fourth-order valence-electron chi connectivity index (χ4n) is 1.95. The quantitative estimate of drug-likeness (QED) is 0.717. The van der Waals surface area contributed by atoms with Gasteiger partial charge in [-0.3, -0.25) is 0 Å². The van der Waals surface area contributed by atoms with E-state index >= 15 is 0 Å². The molecule has 16 heavy (non-hydrogen) atoms. The number of nitrogens with one attached hydrogen (secondary N) is 1. The summed E-state index contributed by atoms with van der Waals surface area (Å²) in [4.78, 5) is 0. The second-order valence-corrected chi connectivity index (χ2v) is 5.16. The smallest absolute Gasteiger partial charge is 0.0317 e. The van der Waals surface area contributed by atoms with Crippen LogP contribution in [0.25, 0.3) is 0 Å². The first kappa shape index (κ1) is 13.7. The SMILES string of the molecule is CCCCCCC(NC)c1ccc(Br)cc1. The molecule has 1 atom stereocenters. The minimum Gasteiger partial charge on any atom is -0.313 e. The van der Waals surface area contributed by atoms with Crippen LogP contribution < -0.4 is 5.32 Å².